The fourth-order valence-electron chi connectivity index (χ4n) is 5.07. The van der Waals surface area contributed by atoms with Crippen molar-refractivity contribution in [2.24, 2.45) is 16.6 Å². The molecule has 2 fully saturated rings. The van der Waals surface area contributed by atoms with E-state index >= 15 is 4.39 Å². The van der Waals surface area contributed by atoms with Crippen molar-refractivity contribution in [1.82, 2.24) is 19.9 Å². The van der Waals surface area contributed by atoms with Crippen molar-refractivity contribution in [3.8, 4) is 18.2 Å². The van der Waals surface area contributed by atoms with Gasteiger partial charge < -0.3 is 20.1 Å². The number of aliphatic imine (C=N–C) groups is 1. The van der Waals surface area contributed by atoms with Gasteiger partial charge in [0.1, 0.15) is 10.4 Å². The lowest BCUT2D eigenvalue weighted by Crippen LogP contribution is -2.53. The van der Waals surface area contributed by atoms with Crippen molar-refractivity contribution in [1.29, 1.82) is 0 Å². The van der Waals surface area contributed by atoms with Crippen LogP contribution in [-0.4, -0.2) is 68.1 Å². The standard InChI is InChI=1S/C26H26F2N6O3S/c1-4-6-37-21-13-30-19(12-31-21)18(27)9-16-8-17(22(28)32-11-16)25(3)20-10-26(20,38-24(29)33-25)23(35)34-5-7-36-14-15(34)2/h1,8-9,11-13,15,20H,5-7,10,14H2,2-3H3,(H2,29,33)/b18-9-/t15?,20-,25+,26-/m0/s1. The van der Waals surface area contributed by atoms with Crippen LogP contribution in [0.4, 0.5) is 8.78 Å². The molecule has 0 bridgehead atoms. The summed E-state index contributed by atoms with van der Waals surface area (Å²) in [6.45, 7) is 5.10. The van der Waals surface area contributed by atoms with Crippen LogP contribution >= 0.6 is 11.8 Å². The maximum absolute atomic E-state index is 15.2. The van der Waals surface area contributed by atoms with Gasteiger partial charge in [0, 0.05) is 24.2 Å². The number of terminal acetylenes is 1. The van der Waals surface area contributed by atoms with Crippen molar-refractivity contribution in [2.75, 3.05) is 26.4 Å². The summed E-state index contributed by atoms with van der Waals surface area (Å²) < 4.78 is 39.9. The van der Waals surface area contributed by atoms with Crippen molar-refractivity contribution in [2.45, 2.75) is 36.6 Å². The van der Waals surface area contributed by atoms with Gasteiger partial charge in [0.15, 0.2) is 17.6 Å². The summed E-state index contributed by atoms with van der Waals surface area (Å²) in [5.74, 6) is 0.658. The van der Waals surface area contributed by atoms with Crippen LogP contribution in [0.2, 0.25) is 0 Å². The van der Waals surface area contributed by atoms with E-state index in [0.717, 1.165) is 0 Å². The van der Waals surface area contributed by atoms with E-state index in [1.807, 2.05) is 11.8 Å². The summed E-state index contributed by atoms with van der Waals surface area (Å²) in [6, 6.07) is 1.41. The third-order valence-corrected chi connectivity index (χ3v) is 8.37. The van der Waals surface area contributed by atoms with Crippen LogP contribution in [0.25, 0.3) is 11.9 Å². The predicted octanol–water partition coefficient (Wildman–Crippen LogP) is 2.77. The van der Waals surface area contributed by atoms with Gasteiger partial charge in [0.2, 0.25) is 17.7 Å². The Balaban J connectivity index is 1.43. The molecule has 1 saturated heterocycles. The Hall–Kier alpha value is -3.56. The van der Waals surface area contributed by atoms with E-state index in [9.17, 15) is 9.18 Å². The van der Waals surface area contributed by atoms with Crippen molar-refractivity contribution in [3.05, 3.63) is 47.4 Å². The molecular weight excluding hydrogens is 514 g/mol. The van der Waals surface area contributed by atoms with E-state index in [1.54, 1.807) is 6.92 Å². The zero-order chi connectivity index (χ0) is 27.1. The normalized spacial score (nSPS) is 28.7. The third-order valence-electron chi connectivity index (χ3n) is 7.08. The number of rotatable bonds is 6. The smallest absolute Gasteiger partial charge is 0.240 e. The molecule has 2 N–H and O–H groups in total. The molecule has 2 aromatic heterocycles. The molecule has 0 aromatic carbocycles. The molecule has 198 valence electrons. The zero-order valence-electron chi connectivity index (χ0n) is 20.9. The molecule has 1 aliphatic carbocycles. The summed E-state index contributed by atoms with van der Waals surface area (Å²) in [5.41, 5.74) is 5.44. The second-order valence-corrected chi connectivity index (χ2v) is 11.0. The largest absolute Gasteiger partial charge is 0.463 e. The fourth-order valence-corrected chi connectivity index (χ4v) is 6.51. The van der Waals surface area contributed by atoms with Gasteiger partial charge in [-0.15, -0.1) is 6.42 Å². The third kappa shape index (κ3) is 4.61. The second-order valence-electron chi connectivity index (χ2n) is 9.60. The van der Waals surface area contributed by atoms with Crippen molar-refractivity contribution >= 4 is 34.7 Å². The SMILES string of the molecule is C#CCOc1cnc(/C(F)=C/c2cnc(F)c([C@@]3(C)N=C(N)S[C@@]4(C(=O)N5CCOCC5C)C[C@H]43)c2)cn1. The second kappa shape index (κ2) is 9.96. The first-order valence-corrected chi connectivity index (χ1v) is 12.8. The van der Waals surface area contributed by atoms with Gasteiger partial charge in [-0.3, -0.25) is 9.79 Å². The molecule has 2 aliphatic heterocycles. The van der Waals surface area contributed by atoms with Crippen molar-refractivity contribution < 1.29 is 23.0 Å². The number of nitrogens with two attached hydrogens (primary N) is 1. The Labute approximate surface area is 222 Å². The first-order valence-electron chi connectivity index (χ1n) is 12.0. The Morgan fingerprint density at radius 1 is 1.39 bits per heavy atom. The topological polar surface area (TPSA) is 116 Å². The van der Waals surface area contributed by atoms with E-state index in [1.165, 1.54) is 42.5 Å². The number of nitrogens with zero attached hydrogens (tertiary/aromatic N) is 5. The summed E-state index contributed by atoms with van der Waals surface area (Å²) >= 11 is 1.23. The van der Waals surface area contributed by atoms with Crippen LogP contribution in [0.5, 0.6) is 5.88 Å². The van der Waals surface area contributed by atoms with Crippen LogP contribution in [0, 0.1) is 24.2 Å². The quantitative estimate of drug-likeness (QED) is 0.439. The highest BCUT2D eigenvalue weighted by molar-refractivity contribution is 8.15. The van der Waals surface area contributed by atoms with Crippen LogP contribution < -0.4 is 10.5 Å². The molecule has 1 saturated carbocycles. The average Bonchev–Trinajstić information content (AvgIpc) is 3.65. The number of halogens is 2. The summed E-state index contributed by atoms with van der Waals surface area (Å²) in [4.78, 5) is 31.9. The van der Waals surface area contributed by atoms with Gasteiger partial charge in [-0.2, -0.15) is 4.39 Å². The highest BCUT2D eigenvalue weighted by Crippen LogP contribution is 2.66. The molecule has 1 amide bonds. The minimum absolute atomic E-state index is 0.0139. The minimum Gasteiger partial charge on any atom is -0.463 e. The summed E-state index contributed by atoms with van der Waals surface area (Å²) in [6.07, 6.45) is 10.5. The zero-order valence-corrected chi connectivity index (χ0v) is 21.7. The van der Waals surface area contributed by atoms with Crippen LogP contribution in [0.3, 0.4) is 0 Å². The number of ether oxygens (including phenoxy) is 2. The first-order chi connectivity index (χ1) is 18.2. The van der Waals surface area contributed by atoms with E-state index in [-0.39, 0.29) is 46.8 Å². The summed E-state index contributed by atoms with van der Waals surface area (Å²) in [7, 11) is 0. The lowest BCUT2D eigenvalue weighted by molar-refractivity contribution is -0.139. The lowest BCUT2D eigenvalue weighted by atomic mass is 9.86. The number of fused-ring (bicyclic) bond motifs is 1. The number of amidine groups is 1. The minimum atomic E-state index is -1.16. The molecule has 12 heteroatoms. The summed E-state index contributed by atoms with van der Waals surface area (Å²) in [5, 5.41) is 0.199. The van der Waals surface area contributed by atoms with Gasteiger partial charge in [-0.25, -0.2) is 19.3 Å². The molecule has 4 heterocycles. The van der Waals surface area contributed by atoms with Gasteiger partial charge >= 0.3 is 0 Å². The van der Waals surface area contributed by atoms with Crippen molar-refractivity contribution in [3.63, 3.8) is 0 Å². The molecule has 0 radical (unpaired) electrons. The molecule has 38 heavy (non-hydrogen) atoms. The number of pyridine rings is 1. The van der Waals surface area contributed by atoms with Crippen LogP contribution in [0.15, 0.2) is 29.6 Å². The monoisotopic (exact) mass is 540 g/mol. The highest BCUT2D eigenvalue weighted by Gasteiger charge is 2.71. The van der Waals surface area contributed by atoms with Gasteiger partial charge in [-0.05, 0) is 38.0 Å². The molecule has 4 atom stereocenters. The van der Waals surface area contributed by atoms with E-state index in [0.29, 0.717) is 31.7 Å². The Bertz CT molecular complexity index is 1360. The van der Waals surface area contributed by atoms with Gasteiger partial charge in [0.05, 0.1) is 37.2 Å². The molecule has 9 nitrogen and oxygen atoms in total. The van der Waals surface area contributed by atoms with E-state index in [2.05, 4.69) is 25.9 Å². The highest BCUT2D eigenvalue weighted by atomic mass is 32.2. The Morgan fingerprint density at radius 2 is 2.21 bits per heavy atom. The van der Waals surface area contributed by atoms with E-state index in [4.69, 9.17) is 21.6 Å². The molecule has 1 unspecified atom stereocenters. The number of hydrogen-bond acceptors (Lipinski definition) is 9. The molecule has 5 rings (SSSR count). The number of amides is 1. The molecule has 3 aliphatic rings. The maximum Gasteiger partial charge on any atom is 0.240 e. The Morgan fingerprint density at radius 3 is 2.92 bits per heavy atom. The number of thioether (sulfide) groups is 1. The number of carbonyl (C=O) groups is 1. The van der Waals surface area contributed by atoms with Crippen LogP contribution in [-0.2, 0) is 15.1 Å². The predicted molar refractivity (Wildman–Crippen MR) is 139 cm³/mol. The fraction of sp³-hybridized carbons (Fsp3) is 0.423. The van der Waals surface area contributed by atoms with Gasteiger partial charge in [0.25, 0.3) is 0 Å². The average molecular weight is 541 g/mol. The maximum atomic E-state index is 15.2. The van der Waals surface area contributed by atoms with E-state index < -0.39 is 22.1 Å². The Kier molecular flexibility index (Phi) is 6.83. The molecule has 2 aromatic rings. The number of morpholine rings is 1. The number of carbonyl (C=O) groups excluding carboxylic acids is 1. The molecular formula is C26H26F2N6O3S. The van der Waals surface area contributed by atoms with Gasteiger partial charge in [-0.1, -0.05) is 17.7 Å². The number of aromatic nitrogens is 3. The molecule has 0 spiro atoms. The van der Waals surface area contributed by atoms with Crippen LogP contribution in [0.1, 0.15) is 37.1 Å². The lowest BCUT2D eigenvalue weighted by Gasteiger charge is -2.39. The number of hydrogen-bond donors (Lipinski definition) is 1. The first kappa shape index (κ1) is 26.1.